The molecule has 178 valence electrons. The summed E-state index contributed by atoms with van der Waals surface area (Å²) in [6.07, 6.45) is 2.29. The van der Waals surface area contributed by atoms with Crippen LogP contribution in [-0.4, -0.2) is 39.2 Å². The Morgan fingerprint density at radius 2 is 1.85 bits per heavy atom. The Balaban J connectivity index is 1.41. The number of carbonyl (C=O) groups is 1. The summed E-state index contributed by atoms with van der Waals surface area (Å²) in [7, 11) is 3.06. The van der Waals surface area contributed by atoms with Crippen molar-refractivity contribution in [2.24, 2.45) is 0 Å². The van der Waals surface area contributed by atoms with Gasteiger partial charge in [0.2, 0.25) is 5.91 Å². The molecule has 0 radical (unpaired) electrons. The number of fused-ring (bicyclic) bond motifs is 2. The van der Waals surface area contributed by atoms with Crippen molar-refractivity contribution in [1.29, 1.82) is 0 Å². The van der Waals surface area contributed by atoms with Crippen LogP contribution >= 0.6 is 0 Å². The number of amides is 1. The van der Waals surface area contributed by atoms with Crippen LogP contribution < -0.4 is 20.3 Å². The van der Waals surface area contributed by atoms with Crippen molar-refractivity contribution in [3.63, 3.8) is 0 Å². The molecule has 0 aliphatic carbocycles. The van der Waals surface area contributed by atoms with Gasteiger partial charge in [0.1, 0.15) is 5.82 Å². The maximum Gasteiger partial charge on any atom is 0.261 e. The third-order valence-electron chi connectivity index (χ3n) is 5.90. The molecular formula is C25H29N5O4. The average molecular weight is 464 g/mol. The van der Waals surface area contributed by atoms with Crippen molar-refractivity contribution >= 4 is 27.8 Å². The third-order valence-corrected chi connectivity index (χ3v) is 5.90. The van der Waals surface area contributed by atoms with E-state index in [-0.39, 0.29) is 23.9 Å². The molecule has 0 saturated carbocycles. The number of para-hydroxylation sites is 2. The molecule has 2 aromatic carbocycles. The lowest BCUT2D eigenvalue weighted by molar-refractivity contribution is -0.121. The lowest BCUT2D eigenvalue weighted by Gasteiger charge is -2.15. The van der Waals surface area contributed by atoms with Crippen molar-refractivity contribution in [3.05, 3.63) is 58.9 Å². The summed E-state index contributed by atoms with van der Waals surface area (Å²) < 4.78 is 14.2. The van der Waals surface area contributed by atoms with Gasteiger partial charge in [0.15, 0.2) is 11.5 Å². The topological polar surface area (TPSA) is 100 Å². The molecular weight excluding hydrogens is 434 g/mol. The molecule has 2 aromatic heterocycles. The van der Waals surface area contributed by atoms with E-state index in [1.165, 1.54) is 25.1 Å². The number of rotatable bonds is 9. The Morgan fingerprint density at radius 1 is 1.12 bits per heavy atom. The van der Waals surface area contributed by atoms with Gasteiger partial charge < -0.3 is 19.4 Å². The summed E-state index contributed by atoms with van der Waals surface area (Å²) in [5, 5.41) is 3.48. The zero-order valence-corrected chi connectivity index (χ0v) is 19.9. The second kappa shape index (κ2) is 9.94. The minimum absolute atomic E-state index is 0.0876. The fraction of sp³-hybridized carbons (Fsp3) is 0.360. The van der Waals surface area contributed by atoms with Gasteiger partial charge in [-0.05, 0) is 38.5 Å². The van der Waals surface area contributed by atoms with Crippen LogP contribution in [0.3, 0.4) is 0 Å². The van der Waals surface area contributed by atoms with Crippen LogP contribution in [0.4, 0.5) is 0 Å². The third kappa shape index (κ3) is 4.46. The number of methoxy groups -OCH3 is 2. The fourth-order valence-electron chi connectivity index (χ4n) is 4.19. The quantitative estimate of drug-likeness (QED) is 0.408. The predicted molar refractivity (Wildman–Crippen MR) is 130 cm³/mol. The SMILES string of the molecule is CCn1c(C(C)NC(=O)CCCn2cnc3cc(OC)c(OC)cc3c2=O)nc2ccccc21. The van der Waals surface area contributed by atoms with E-state index in [4.69, 9.17) is 14.5 Å². The van der Waals surface area contributed by atoms with Crippen LogP contribution in [0.25, 0.3) is 21.9 Å². The number of hydrogen-bond acceptors (Lipinski definition) is 6. The molecule has 1 amide bonds. The van der Waals surface area contributed by atoms with E-state index in [9.17, 15) is 9.59 Å². The number of nitrogens with zero attached hydrogens (tertiary/aromatic N) is 4. The van der Waals surface area contributed by atoms with E-state index < -0.39 is 0 Å². The molecule has 4 rings (SSSR count). The summed E-state index contributed by atoms with van der Waals surface area (Å²) in [5.74, 6) is 1.73. The van der Waals surface area contributed by atoms with Crippen molar-refractivity contribution in [3.8, 4) is 11.5 Å². The molecule has 0 fully saturated rings. The summed E-state index contributed by atoms with van der Waals surface area (Å²) in [6, 6.07) is 11.0. The Bertz CT molecular complexity index is 1390. The van der Waals surface area contributed by atoms with Crippen LogP contribution in [0.2, 0.25) is 0 Å². The van der Waals surface area contributed by atoms with Gasteiger partial charge in [0.25, 0.3) is 5.56 Å². The molecule has 0 bridgehead atoms. The summed E-state index contributed by atoms with van der Waals surface area (Å²) in [5.41, 5.74) is 2.32. The Morgan fingerprint density at radius 3 is 2.59 bits per heavy atom. The van der Waals surface area contributed by atoms with Crippen molar-refractivity contribution in [1.82, 2.24) is 24.4 Å². The number of aryl methyl sites for hydroxylation is 2. The molecule has 1 unspecified atom stereocenters. The molecule has 0 aliphatic rings. The van der Waals surface area contributed by atoms with Crippen LogP contribution in [0.15, 0.2) is 47.5 Å². The first-order valence-corrected chi connectivity index (χ1v) is 11.3. The van der Waals surface area contributed by atoms with Gasteiger partial charge in [-0.1, -0.05) is 12.1 Å². The van der Waals surface area contributed by atoms with E-state index in [0.717, 1.165) is 23.4 Å². The van der Waals surface area contributed by atoms with Crippen molar-refractivity contribution < 1.29 is 14.3 Å². The summed E-state index contributed by atoms with van der Waals surface area (Å²) >= 11 is 0. The Labute approximate surface area is 197 Å². The molecule has 0 spiro atoms. The number of ether oxygens (including phenoxy) is 2. The summed E-state index contributed by atoms with van der Waals surface area (Å²) in [6.45, 7) is 5.15. The van der Waals surface area contributed by atoms with Gasteiger partial charge >= 0.3 is 0 Å². The Hall–Kier alpha value is -3.88. The zero-order valence-electron chi connectivity index (χ0n) is 19.9. The van der Waals surface area contributed by atoms with Gasteiger partial charge in [-0.25, -0.2) is 9.97 Å². The minimum atomic E-state index is -0.229. The van der Waals surface area contributed by atoms with E-state index in [2.05, 4.69) is 21.8 Å². The van der Waals surface area contributed by atoms with E-state index >= 15 is 0 Å². The second-order valence-corrected chi connectivity index (χ2v) is 8.06. The highest BCUT2D eigenvalue weighted by Gasteiger charge is 2.17. The molecule has 0 saturated heterocycles. The zero-order chi connectivity index (χ0) is 24.2. The van der Waals surface area contributed by atoms with Gasteiger partial charge in [-0.2, -0.15) is 0 Å². The molecule has 9 heteroatoms. The second-order valence-electron chi connectivity index (χ2n) is 8.06. The molecule has 0 aliphatic heterocycles. The molecule has 2 heterocycles. The van der Waals surface area contributed by atoms with Crippen molar-refractivity contribution in [2.75, 3.05) is 14.2 Å². The van der Waals surface area contributed by atoms with Crippen LogP contribution in [-0.2, 0) is 17.9 Å². The number of aromatic nitrogens is 4. The maximum atomic E-state index is 12.9. The standard InChI is InChI=1S/C25H29N5O4/c1-5-30-20-10-7-6-9-18(20)28-24(30)16(2)27-23(31)11-8-12-29-15-26-19-14-22(34-4)21(33-3)13-17(19)25(29)32/h6-7,9-10,13-16H,5,8,11-12H2,1-4H3,(H,27,31). The molecule has 1 N–H and O–H groups in total. The van der Waals surface area contributed by atoms with Gasteiger partial charge in [-0.3, -0.25) is 14.2 Å². The minimum Gasteiger partial charge on any atom is -0.493 e. The van der Waals surface area contributed by atoms with E-state index in [0.29, 0.717) is 35.4 Å². The number of hydrogen-bond donors (Lipinski definition) is 1. The average Bonchev–Trinajstić information content (AvgIpc) is 3.23. The highest BCUT2D eigenvalue weighted by Crippen LogP contribution is 2.29. The first kappa shape index (κ1) is 23.3. The first-order chi connectivity index (χ1) is 16.5. The van der Waals surface area contributed by atoms with Crippen LogP contribution in [0, 0.1) is 0 Å². The summed E-state index contributed by atoms with van der Waals surface area (Å²) in [4.78, 5) is 34.6. The number of carbonyl (C=O) groups excluding carboxylic acids is 1. The monoisotopic (exact) mass is 463 g/mol. The smallest absolute Gasteiger partial charge is 0.261 e. The molecule has 9 nitrogen and oxygen atoms in total. The normalized spacial score (nSPS) is 12.1. The highest BCUT2D eigenvalue weighted by atomic mass is 16.5. The van der Waals surface area contributed by atoms with E-state index in [1.807, 2.05) is 31.2 Å². The van der Waals surface area contributed by atoms with Gasteiger partial charge in [0, 0.05) is 25.6 Å². The number of imidazole rings is 1. The first-order valence-electron chi connectivity index (χ1n) is 11.3. The van der Waals surface area contributed by atoms with Gasteiger partial charge in [-0.15, -0.1) is 0 Å². The van der Waals surface area contributed by atoms with Crippen molar-refractivity contribution in [2.45, 2.75) is 45.8 Å². The highest BCUT2D eigenvalue weighted by molar-refractivity contribution is 5.81. The lowest BCUT2D eigenvalue weighted by atomic mass is 10.2. The predicted octanol–water partition coefficient (Wildman–Crippen LogP) is 3.44. The molecule has 4 aromatic rings. The lowest BCUT2D eigenvalue weighted by Crippen LogP contribution is -2.29. The van der Waals surface area contributed by atoms with E-state index in [1.54, 1.807) is 12.1 Å². The van der Waals surface area contributed by atoms with Crippen LogP contribution in [0.5, 0.6) is 11.5 Å². The fourth-order valence-corrected chi connectivity index (χ4v) is 4.19. The van der Waals surface area contributed by atoms with Gasteiger partial charge in [0.05, 0.1) is 48.5 Å². The Kier molecular flexibility index (Phi) is 6.81. The maximum absolute atomic E-state index is 12.9. The van der Waals surface area contributed by atoms with Crippen LogP contribution in [0.1, 0.15) is 38.6 Å². The number of benzene rings is 2. The largest absolute Gasteiger partial charge is 0.493 e. The molecule has 34 heavy (non-hydrogen) atoms. The number of nitrogens with one attached hydrogen (secondary N) is 1. The molecule has 1 atom stereocenters.